The minimum Gasteiger partial charge on any atom is -0.497 e. The second kappa shape index (κ2) is 9.03. The first-order chi connectivity index (χ1) is 16.5. The molecule has 3 aromatic carbocycles. The van der Waals surface area contributed by atoms with E-state index in [9.17, 15) is 9.59 Å². The number of benzene rings is 3. The van der Waals surface area contributed by atoms with Crippen LogP contribution in [0.1, 0.15) is 5.56 Å². The molecular formula is C26H21ClN4O3. The molecule has 5 aromatic rings. The zero-order chi connectivity index (χ0) is 23.7. The molecule has 170 valence electrons. The van der Waals surface area contributed by atoms with Crippen molar-refractivity contribution in [1.29, 1.82) is 0 Å². The Hall–Kier alpha value is -4.10. The number of hydrogen-bond donors (Lipinski definition) is 1. The second-order valence-corrected chi connectivity index (χ2v) is 8.26. The fourth-order valence-corrected chi connectivity index (χ4v) is 4.28. The Bertz CT molecular complexity index is 1590. The molecule has 7 nitrogen and oxygen atoms in total. The fraction of sp³-hybridized carbons (Fsp3) is 0.115. The van der Waals surface area contributed by atoms with Gasteiger partial charge in [-0.15, -0.1) is 0 Å². The summed E-state index contributed by atoms with van der Waals surface area (Å²) in [7, 11) is 1.57. The van der Waals surface area contributed by atoms with Crippen LogP contribution in [-0.2, 0) is 17.9 Å². The Morgan fingerprint density at radius 1 is 1.06 bits per heavy atom. The van der Waals surface area contributed by atoms with Gasteiger partial charge in [0, 0.05) is 22.2 Å². The number of aromatic nitrogens is 3. The molecule has 0 aliphatic rings. The zero-order valence-corrected chi connectivity index (χ0v) is 19.1. The van der Waals surface area contributed by atoms with Gasteiger partial charge in [0.05, 0.1) is 25.5 Å². The molecule has 2 heterocycles. The lowest BCUT2D eigenvalue weighted by Gasteiger charge is -2.11. The van der Waals surface area contributed by atoms with E-state index in [2.05, 4.69) is 10.3 Å². The summed E-state index contributed by atoms with van der Waals surface area (Å²) in [5.41, 5.74) is 2.88. The summed E-state index contributed by atoms with van der Waals surface area (Å²) >= 11 is 6.30. The van der Waals surface area contributed by atoms with E-state index >= 15 is 0 Å². The highest BCUT2D eigenvalue weighted by molar-refractivity contribution is 6.31. The van der Waals surface area contributed by atoms with Gasteiger partial charge in [-0.3, -0.25) is 14.2 Å². The summed E-state index contributed by atoms with van der Waals surface area (Å²) in [6.45, 7) is 0.229. The third-order valence-electron chi connectivity index (χ3n) is 5.69. The molecule has 0 saturated heterocycles. The van der Waals surface area contributed by atoms with E-state index in [1.807, 2.05) is 42.5 Å². The maximum absolute atomic E-state index is 13.6. The van der Waals surface area contributed by atoms with Crippen LogP contribution in [0.15, 0.2) is 83.9 Å². The van der Waals surface area contributed by atoms with Gasteiger partial charge in [-0.25, -0.2) is 4.98 Å². The summed E-state index contributed by atoms with van der Waals surface area (Å²) in [5, 5.41) is 4.27. The molecule has 1 N–H and O–H groups in total. The number of carbonyl (C=O) groups excluding carboxylic acids is 1. The van der Waals surface area contributed by atoms with Crippen LogP contribution in [0.2, 0.25) is 5.02 Å². The lowest BCUT2D eigenvalue weighted by molar-refractivity contribution is -0.116. The van der Waals surface area contributed by atoms with Crippen molar-refractivity contribution in [1.82, 2.24) is 14.1 Å². The number of carbonyl (C=O) groups is 1. The summed E-state index contributed by atoms with van der Waals surface area (Å²) in [6, 6.07) is 22.0. The second-order valence-electron chi connectivity index (χ2n) is 7.85. The Balaban J connectivity index is 1.57. The standard InChI is InChI=1S/C26H21ClN4O3/c1-34-19-9-6-8-18(13-19)29-23(32)15-31-22-12-5-3-10-20(22)24-25(31)26(33)30(16-28-24)14-17-7-2-4-11-21(17)27/h2-13,16H,14-15H2,1H3,(H,29,32). The summed E-state index contributed by atoms with van der Waals surface area (Å²) in [4.78, 5) is 31.1. The lowest BCUT2D eigenvalue weighted by atomic mass is 10.2. The van der Waals surface area contributed by atoms with E-state index in [-0.39, 0.29) is 24.6 Å². The van der Waals surface area contributed by atoms with Crippen LogP contribution in [0, 0.1) is 0 Å². The number of rotatable bonds is 6. The van der Waals surface area contributed by atoms with Crippen molar-refractivity contribution in [2.24, 2.45) is 0 Å². The molecule has 0 fully saturated rings. The van der Waals surface area contributed by atoms with Gasteiger partial charge in [0.15, 0.2) is 0 Å². The van der Waals surface area contributed by atoms with Gasteiger partial charge < -0.3 is 14.6 Å². The first-order valence-corrected chi connectivity index (χ1v) is 11.1. The quantitative estimate of drug-likeness (QED) is 0.388. The molecule has 5 rings (SSSR count). The monoisotopic (exact) mass is 472 g/mol. The number of halogens is 1. The van der Waals surface area contributed by atoms with Gasteiger partial charge in [-0.05, 0) is 29.8 Å². The normalized spacial score (nSPS) is 11.1. The van der Waals surface area contributed by atoms with Crippen LogP contribution in [0.3, 0.4) is 0 Å². The van der Waals surface area contributed by atoms with Crippen molar-refractivity contribution in [3.05, 3.63) is 100 Å². The van der Waals surface area contributed by atoms with Crippen molar-refractivity contribution in [2.45, 2.75) is 13.1 Å². The predicted molar refractivity (Wildman–Crippen MR) is 134 cm³/mol. The molecule has 0 aliphatic carbocycles. The van der Waals surface area contributed by atoms with Gasteiger partial charge in [0.2, 0.25) is 5.91 Å². The van der Waals surface area contributed by atoms with Crippen molar-refractivity contribution >= 4 is 45.1 Å². The predicted octanol–water partition coefficient (Wildman–Crippen LogP) is 4.70. The highest BCUT2D eigenvalue weighted by Gasteiger charge is 2.18. The topological polar surface area (TPSA) is 78.2 Å². The molecule has 0 unspecified atom stereocenters. The minimum atomic E-state index is -0.267. The number of ether oxygens (including phenoxy) is 1. The Labute approximate surface area is 200 Å². The average molecular weight is 473 g/mol. The molecule has 0 saturated carbocycles. The minimum absolute atomic E-state index is 0.0474. The number of hydrogen-bond acceptors (Lipinski definition) is 4. The maximum atomic E-state index is 13.6. The van der Waals surface area contributed by atoms with Crippen LogP contribution in [0.25, 0.3) is 21.9 Å². The number of methoxy groups -OCH3 is 1. The Morgan fingerprint density at radius 2 is 1.85 bits per heavy atom. The van der Waals surface area contributed by atoms with Gasteiger partial charge in [0.25, 0.3) is 5.56 Å². The number of nitrogens with zero attached hydrogens (tertiary/aromatic N) is 3. The third kappa shape index (κ3) is 4.02. The van der Waals surface area contributed by atoms with E-state index in [0.29, 0.717) is 27.5 Å². The van der Waals surface area contributed by atoms with E-state index in [4.69, 9.17) is 16.3 Å². The molecule has 0 spiro atoms. The highest BCUT2D eigenvalue weighted by atomic mass is 35.5. The number of nitrogens with one attached hydrogen (secondary N) is 1. The van der Waals surface area contributed by atoms with Gasteiger partial charge in [0.1, 0.15) is 23.3 Å². The Kier molecular flexibility index (Phi) is 5.77. The maximum Gasteiger partial charge on any atom is 0.278 e. The third-order valence-corrected chi connectivity index (χ3v) is 6.06. The van der Waals surface area contributed by atoms with E-state index in [1.165, 1.54) is 10.9 Å². The average Bonchev–Trinajstić information content (AvgIpc) is 3.16. The molecule has 8 heteroatoms. The molecule has 2 aromatic heterocycles. The van der Waals surface area contributed by atoms with Gasteiger partial charge in [-0.1, -0.05) is 54.1 Å². The molecule has 34 heavy (non-hydrogen) atoms. The van der Waals surface area contributed by atoms with Crippen molar-refractivity contribution in [3.8, 4) is 5.75 Å². The number of anilines is 1. The number of para-hydroxylation sites is 1. The van der Waals surface area contributed by atoms with Gasteiger partial charge >= 0.3 is 0 Å². The van der Waals surface area contributed by atoms with Crippen molar-refractivity contribution in [3.63, 3.8) is 0 Å². The fourth-order valence-electron chi connectivity index (χ4n) is 4.08. The van der Waals surface area contributed by atoms with Crippen LogP contribution < -0.4 is 15.6 Å². The molecule has 0 bridgehead atoms. The van der Waals surface area contributed by atoms with E-state index < -0.39 is 0 Å². The zero-order valence-electron chi connectivity index (χ0n) is 18.4. The number of amides is 1. The lowest BCUT2D eigenvalue weighted by Crippen LogP contribution is -2.25. The first kappa shape index (κ1) is 21.7. The molecule has 0 atom stereocenters. The first-order valence-electron chi connectivity index (χ1n) is 10.7. The van der Waals surface area contributed by atoms with Crippen LogP contribution in [0.4, 0.5) is 5.69 Å². The smallest absolute Gasteiger partial charge is 0.278 e. The van der Waals surface area contributed by atoms with Crippen LogP contribution in [-0.4, -0.2) is 27.1 Å². The van der Waals surface area contributed by atoms with Gasteiger partial charge in [-0.2, -0.15) is 0 Å². The summed E-state index contributed by atoms with van der Waals surface area (Å²) in [5.74, 6) is 0.373. The van der Waals surface area contributed by atoms with Crippen LogP contribution >= 0.6 is 11.6 Å². The van der Waals surface area contributed by atoms with Crippen molar-refractivity contribution < 1.29 is 9.53 Å². The molecule has 0 aliphatic heterocycles. The van der Waals surface area contributed by atoms with E-state index in [0.717, 1.165) is 16.5 Å². The van der Waals surface area contributed by atoms with Crippen LogP contribution in [0.5, 0.6) is 5.75 Å². The molecule has 0 radical (unpaired) electrons. The van der Waals surface area contributed by atoms with Crippen molar-refractivity contribution in [2.75, 3.05) is 12.4 Å². The summed E-state index contributed by atoms with van der Waals surface area (Å²) < 4.78 is 8.46. The Morgan fingerprint density at radius 3 is 2.68 bits per heavy atom. The largest absolute Gasteiger partial charge is 0.497 e. The number of fused-ring (bicyclic) bond motifs is 3. The highest BCUT2D eigenvalue weighted by Crippen LogP contribution is 2.26. The molecular weight excluding hydrogens is 452 g/mol. The molecule has 1 amide bonds. The summed E-state index contributed by atoms with van der Waals surface area (Å²) in [6.07, 6.45) is 1.53. The SMILES string of the molecule is COc1cccc(NC(=O)Cn2c3ccccc3c3ncn(Cc4ccccc4Cl)c(=O)c32)c1. The van der Waals surface area contributed by atoms with E-state index in [1.54, 1.807) is 42.0 Å².